The first-order valence-corrected chi connectivity index (χ1v) is 6.76. The van der Waals surface area contributed by atoms with Crippen LogP contribution in [-0.4, -0.2) is 15.3 Å². The number of benzene rings is 1. The van der Waals surface area contributed by atoms with Crippen molar-refractivity contribution in [3.63, 3.8) is 0 Å². The standard InChI is InChI=1S/C17H20N2O/c1-17(2,3)16(20)15(19-12-11-18-13-19)10-9-14-7-5-4-6-8-14/h4-8,10-13H,9H2,1-3H3. The highest BCUT2D eigenvalue weighted by atomic mass is 16.1. The van der Waals surface area contributed by atoms with Crippen LogP contribution in [0.3, 0.4) is 0 Å². The first-order valence-electron chi connectivity index (χ1n) is 6.76. The maximum atomic E-state index is 12.6. The molecule has 2 rings (SSSR count). The Labute approximate surface area is 120 Å². The maximum absolute atomic E-state index is 12.6. The summed E-state index contributed by atoms with van der Waals surface area (Å²) in [5.41, 5.74) is 1.46. The summed E-state index contributed by atoms with van der Waals surface area (Å²) in [6.45, 7) is 5.80. The molecule has 0 aliphatic carbocycles. The molecular weight excluding hydrogens is 248 g/mol. The van der Waals surface area contributed by atoms with E-state index in [2.05, 4.69) is 17.1 Å². The van der Waals surface area contributed by atoms with E-state index in [1.807, 2.05) is 45.0 Å². The average Bonchev–Trinajstić information content (AvgIpc) is 2.93. The number of rotatable bonds is 4. The van der Waals surface area contributed by atoms with Crippen molar-refractivity contribution in [1.82, 2.24) is 9.55 Å². The second-order valence-electron chi connectivity index (χ2n) is 5.83. The van der Waals surface area contributed by atoms with Crippen LogP contribution < -0.4 is 0 Å². The molecule has 0 N–H and O–H groups in total. The largest absolute Gasteiger partial charge is 0.303 e. The van der Waals surface area contributed by atoms with E-state index < -0.39 is 5.41 Å². The molecule has 0 fully saturated rings. The van der Waals surface area contributed by atoms with Crippen molar-refractivity contribution in [3.8, 4) is 0 Å². The van der Waals surface area contributed by atoms with Crippen LogP contribution in [0.1, 0.15) is 26.3 Å². The Morgan fingerprint density at radius 2 is 1.95 bits per heavy atom. The number of hydrogen-bond donors (Lipinski definition) is 0. The summed E-state index contributed by atoms with van der Waals surface area (Å²) in [4.78, 5) is 16.6. The monoisotopic (exact) mass is 268 g/mol. The van der Waals surface area contributed by atoms with E-state index >= 15 is 0 Å². The van der Waals surface area contributed by atoms with Gasteiger partial charge in [0.1, 0.15) is 0 Å². The number of aromatic nitrogens is 2. The van der Waals surface area contributed by atoms with Crippen molar-refractivity contribution in [3.05, 3.63) is 60.7 Å². The van der Waals surface area contributed by atoms with Crippen molar-refractivity contribution in [2.75, 3.05) is 0 Å². The molecule has 3 heteroatoms. The van der Waals surface area contributed by atoms with Crippen molar-refractivity contribution in [2.45, 2.75) is 27.2 Å². The molecule has 0 amide bonds. The Morgan fingerprint density at radius 3 is 2.50 bits per heavy atom. The predicted molar refractivity (Wildman–Crippen MR) is 81.1 cm³/mol. The van der Waals surface area contributed by atoms with Gasteiger partial charge in [0.05, 0.1) is 12.0 Å². The van der Waals surface area contributed by atoms with E-state index in [-0.39, 0.29) is 5.78 Å². The molecule has 0 saturated carbocycles. The van der Waals surface area contributed by atoms with Crippen LogP contribution in [0.5, 0.6) is 0 Å². The third-order valence-electron chi connectivity index (χ3n) is 3.07. The van der Waals surface area contributed by atoms with Crippen LogP contribution in [0.25, 0.3) is 5.70 Å². The van der Waals surface area contributed by atoms with Gasteiger partial charge in [-0.1, -0.05) is 57.2 Å². The number of ketones is 1. The second kappa shape index (κ2) is 5.87. The maximum Gasteiger partial charge on any atom is 0.184 e. The highest BCUT2D eigenvalue weighted by Crippen LogP contribution is 2.23. The lowest BCUT2D eigenvalue weighted by Crippen LogP contribution is -2.23. The number of carbonyl (C=O) groups excluding carboxylic acids is 1. The Balaban J connectivity index is 2.30. The summed E-state index contributed by atoms with van der Waals surface area (Å²) in [5.74, 6) is 0.117. The zero-order chi connectivity index (χ0) is 14.6. The molecule has 3 nitrogen and oxygen atoms in total. The lowest BCUT2D eigenvalue weighted by Gasteiger charge is -2.19. The minimum atomic E-state index is -0.410. The van der Waals surface area contributed by atoms with E-state index in [0.29, 0.717) is 5.70 Å². The van der Waals surface area contributed by atoms with Gasteiger partial charge in [-0.05, 0) is 12.0 Å². The fourth-order valence-corrected chi connectivity index (χ4v) is 1.93. The van der Waals surface area contributed by atoms with Crippen LogP contribution in [0, 0.1) is 5.41 Å². The Bertz CT molecular complexity index is 590. The number of nitrogens with zero attached hydrogens (tertiary/aromatic N) is 2. The molecule has 0 aliphatic rings. The highest BCUT2D eigenvalue weighted by molar-refractivity contribution is 6.17. The summed E-state index contributed by atoms with van der Waals surface area (Å²) in [7, 11) is 0. The molecule has 20 heavy (non-hydrogen) atoms. The van der Waals surface area contributed by atoms with Crippen LogP contribution in [0.15, 0.2) is 55.1 Å². The van der Waals surface area contributed by atoms with Crippen molar-refractivity contribution < 1.29 is 4.79 Å². The van der Waals surface area contributed by atoms with Crippen LogP contribution >= 0.6 is 0 Å². The quantitative estimate of drug-likeness (QED) is 0.794. The van der Waals surface area contributed by atoms with Crippen molar-refractivity contribution in [1.29, 1.82) is 0 Å². The van der Waals surface area contributed by atoms with Crippen molar-refractivity contribution in [2.24, 2.45) is 5.41 Å². The molecule has 0 bridgehead atoms. The number of allylic oxidation sites excluding steroid dienone is 2. The third kappa shape index (κ3) is 3.44. The van der Waals surface area contributed by atoms with E-state index in [4.69, 9.17) is 0 Å². The molecule has 0 aliphatic heterocycles. The second-order valence-corrected chi connectivity index (χ2v) is 5.83. The molecule has 0 atom stereocenters. The van der Waals surface area contributed by atoms with E-state index in [1.165, 1.54) is 5.56 Å². The van der Waals surface area contributed by atoms with Gasteiger partial charge in [0.25, 0.3) is 0 Å². The van der Waals surface area contributed by atoms with Gasteiger partial charge in [-0.3, -0.25) is 4.79 Å². The van der Waals surface area contributed by atoms with E-state index in [1.54, 1.807) is 23.3 Å². The SMILES string of the molecule is CC(C)(C)C(=O)C(=CCc1ccccc1)n1ccnc1. The third-order valence-corrected chi connectivity index (χ3v) is 3.07. The molecule has 1 heterocycles. The minimum absolute atomic E-state index is 0.117. The number of imidazole rings is 1. The highest BCUT2D eigenvalue weighted by Gasteiger charge is 2.25. The number of Topliss-reactive ketones (excluding diaryl/α,β-unsaturated/α-hetero) is 1. The van der Waals surface area contributed by atoms with Gasteiger partial charge >= 0.3 is 0 Å². The minimum Gasteiger partial charge on any atom is -0.303 e. The molecule has 0 saturated heterocycles. The van der Waals surface area contributed by atoms with Crippen molar-refractivity contribution >= 4 is 11.5 Å². The molecular formula is C17H20N2O. The van der Waals surface area contributed by atoms with Gasteiger partial charge < -0.3 is 4.57 Å². The summed E-state index contributed by atoms with van der Waals surface area (Å²) < 4.78 is 1.79. The summed E-state index contributed by atoms with van der Waals surface area (Å²) in [6, 6.07) is 10.1. The smallest absolute Gasteiger partial charge is 0.184 e. The topological polar surface area (TPSA) is 34.9 Å². The predicted octanol–water partition coefficient (Wildman–Crippen LogP) is 3.58. The lowest BCUT2D eigenvalue weighted by atomic mass is 9.88. The van der Waals surface area contributed by atoms with Crippen LogP contribution in [-0.2, 0) is 11.2 Å². The average molecular weight is 268 g/mol. The molecule has 1 aromatic carbocycles. The molecule has 0 spiro atoms. The van der Waals surface area contributed by atoms with E-state index in [0.717, 1.165) is 6.42 Å². The van der Waals surface area contributed by atoms with Gasteiger partial charge in [-0.15, -0.1) is 0 Å². The molecule has 104 valence electrons. The summed E-state index contributed by atoms with van der Waals surface area (Å²) in [5, 5.41) is 0. The zero-order valence-corrected chi connectivity index (χ0v) is 12.2. The van der Waals surface area contributed by atoms with Gasteiger partial charge in [0.15, 0.2) is 5.78 Å². The van der Waals surface area contributed by atoms with Crippen LogP contribution in [0.2, 0.25) is 0 Å². The van der Waals surface area contributed by atoms with Crippen LogP contribution in [0.4, 0.5) is 0 Å². The lowest BCUT2D eigenvalue weighted by molar-refractivity contribution is -0.120. The Hall–Kier alpha value is -2.16. The first-order chi connectivity index (χ1) is 9.48. The fourth-order valence-electron chi connectivity index (χ4n) is 1.93. The first kappa shape index (κ1) is 14.3. The fraction of sp³-hybridized carbons (Fsp3) is 0.294. The van der Waals surface area contributed by atoms with Gasteiger partial charge in [0.2, 0.25) is 0 Å². The molecule has 0 unspecified atom stereocenters. The van der Waals surface area contributed by atoms with Gasteiger partial charge in [0, 0.05) is 17.8 Å². The van der Waals surface area contributed by atoms with Gasteiger partial charge in [-0.2, -0.15) is 0 Å². The number of hydrogen-bond acceptors (Lipinski definition) is 2. The molecule has 1 aromatic heterocycles. The Morgan fingerprint density at radius 1 is 1.25 bits per heavy atom. The zero-order valence-electron chi connectivity index (χ0n) is 12.2. The summed E-state index contributed by atoms with van der Waals surface area (Å²) >= 11 is 0. The molecule has 2 aromatic rings. The molecule has 0 radical (unpaired) electrons. The number of carbonyl (C=O) groups is 1. The Kier molecular flexibility index (Phi) is 4.18. The van der Waals surface area contributed by atoms with E-state index in [9.17, 15) is 4.79 Å². The van der Waals surface area contributed by atoms with Gasteiger partial charge in [-0.25, -0.2) is 4.98 Å². The summed E-state index contributed by atoms with van der Waals surface area (Å²) in [6.07, 6.45) is 7.87. The normalized spacial score (nSPS) is 12.4.